The first-order valence-corrected chi connectivity index (χ1v) is 11.1. The molecule has 0 atom stereocenters. The number of aromatic amines is 1. The zero-order valence-corrected chi connectivity index (χ0v) is 19.4. The molecule has 0 unspecified atom stereocenters. The topological polar surface area (TPSA) is 70.1 Å². The molecule has 0 aromatic carbocycles. The Hall–Kier alpha value is -2.27. The number of halogens is 3. The predicted octanol–water partition coefficient (Wildman–Crippen LogP) is 3.61. The van der Waals surface area contributed by atoms with Gasteiger partial charge in [-0.05, 0) is 25.5 Å². The summed E-state index contributed by atoms with van der Waals surface area (Å²) in [5.41, 5.74) is -1.68. The maximum absolute atomic E-state index is 13.4. The Morgan fingerprint density at radius 1 is 1.06 bits per heavy atom. The van der Waals surface area contributed by atoms with Crippen LogP contribution in [0.1, 0.15) is 45.1 Å². The first-order valence-electron chi connectivity index (χ1n) is 10.7. The number of nitrogens with zero attached hydrogens (tertiary/aromatic N) is 5. The van der Waals surface area contributed by atoms with E-state index in [1.165, 1.54) is 0 Å². The number of piperazine rings is 1. The average molecular weight is 471 g/mol. The van der Waals surface area contributed by atoms with Crippen LogP contribution in [0.4, 0.5) is 19.0 Å². The van der Waals surface area contributed by atoms with Crippen LogP contribution in [0, 0.1) is 4.64 Å². The molecule has 176 valence electrons. The minimum atomic E-state index is -4.51. The number of aryl methyl sites for hydroxylation is 1. The van der Waals surface area contributed by atoms with Crippen molar-refractivity contribution in [2.24, 2.45) is 0 Å². The van der Waals surface area contributed by atoms with Crippen molar-refractivity contribution in [2.45, 2.75) is 51.7 Å². The molecule has 0 bridgehead atoms. The van der Waals surface area contributed by atoms with Gasteiger partial charge in [0.15, 0.2) is 0 Å². The Morgan fingerprint density at radius 3 is 2.31 bits per heavy atom. The van der Waals surface area contributed by atoms with E-state index in [-0.39, 0.29) is 11.5 Å². The fraction of sp³-hybridized carbons (Fsp3) is 0.619. The lowest BCUT2D eigenvalue weighted by atomic mass is 9.95. The number of alkyl halides is 3. The van der Waals surface area contributed by atoms with Crippen LogP contribution in [-0.2, 0) is 18.1 Å². The number of anilines is 1. The van der Waals surface area contributed by atoms with Crippen LogP contribution in [0.3, 0.4) is 0 Å². The third kappa shape index (κ3) is 6.38. The number of hydrogen-bond donors (Lipinski definition) is 1. The molecular formula is C21H29F3N6OS. The maximum Gasteiger partial charge on any atom is 0.433 e. The minimum Gasteiger partial charge on any atom is -0.354 e. The van der Waals surface area contributed by atoms with Crippen LogP contribution in [0.2, 0.25) is 0 Å². The Labute approximate surface area is 190 Å². The van der Waals surface area contributed by atoms with Crippen molar-refractivity contribution in [3.05, 3.63) is 45.0 Å². The normalized spacial score (nSPS) is 15.9. The molecule has 3 heterocycles. The van der Waals surface area contributed by atoms with Crippen molar-refractivity contribution in [1.82, 2.24) is 24.4 Å². The molecule has 0 amide bonds. The summed E-state index contributed by atoms with van der Waals surface area (Å²) in [5.74, 6) is 0.527. The van der Waals surface area contributed by atoms with Gasteiger partial charge in [0.05, 0.1) is 0 Å². The summed E-state index contributed by atoms with van der Waals surface area (Å²) in [6.45, 7) is 9.60. The number of aromatic nitrogens is 4. The second kappa shape index (κ2) is 9.70. The third-order valence-electron chi connectivity index (χ3n) is 5.39. The number of rotatable bonds is 6. The molecule has 0 radical (unpaired) electrons. The second-order valence-electron chi connectivity index (χ2n) is 9.02. The van der Waals surface area contributed by atoms with Gasteiger partial charge in [0.25, 0.3) is 0 Å². The van der Waals surface area contributed by atoms with Crippen LogP contribution in [-0.4, -0.2) is 57.1 Å². The van der Waals surface area contributed by atoms with Crippen molar-refractivity contribution in [1.29, 1.82) is 0 Å². The molecule has 2 aromatic heterocycles. The Morgan fingerprint density at radius 2 is 1.72 bits per heavy atom. The van der Waals surface area contributed by atoms with E-state index in [0.29, 0.717) is 30.1 Å². The molecule has 3 rings (SSSR count). The van der Waals surface area contributed by atoms with E-state index >= 15 is 0 Å². The van der Waals surface area contributed by atoms with Crippen molar-refractivity contribution in [3.8, 4) is 0 Å². The Bertz CT molecular complexity index is 1000. The first-order chi connectivity index (χ1) is 14.9. The second-order valence-corrected chi connectivity index (χ2v) is 9.46. The van der Waals surface area contributed by atoms with Gasteiger partial charge in [-0.1, -0.05) is 33.0 Å². The standard InChI is InChI=1S/C21H29F3N6OS/c1-20(2,3)18-25-15(21(22,23)24)14-16(26-18)29-12-10-28(11-13-29)7-4-5-8-30-9-6-17(32)27-19(30)31/h6,9,14H,4-5,7-8,10-13H2,1-3H3,(H,27,31,32). The van der Waals surface area contributed by atoms with E-state index < -0.39 is 17.3 Å². The highest BCUT2D eigenvalue weighted by molar-refractivity contribution is 7.71. The summed E-state index contributed by atoms with van der Waals surface area (Å²) in [7, 11) is 0. The lowest BCUT2D eigenvalue weighted by Crippen LogP contribution is -2.47. The fourth-order valence-electron chi connectivity index (χ4n) is 3.52. The highest BCUT2D eigenvalue weighted by Crippen LogP contribution is 2.32. The summed E-state index contributed by atoms with van der Waals surface area (Å²) < 4.78 is 42.1. The summed E-state index contributed by atoms with van der Waals surface area (Å²) in [6.07, 6.45) is -1.05. The highest BCUT2D eigenvalue weighted by atomic mass is 32.1. The van der Waals surface area contributed by atoms with E-state index in [4.69, 9.17) is 12.2 Å². The molecule has 1 saturated heterocycles. The molecular weight excluding hydrogens is 441 g/mol. The molecule has 11 heteroatoms. The lowest BCUT2D eigenvalue weighted by molar-refractivity contribution is -0.141. The zero-order chi connectivity index (χ0) is 23.5. The van der Waals surface area contributed by atoms with Crippen molar-refractivity contribution in [3.63, 3.8) is 0 Å². The fourth-order valence-corrected chi connectivity index (χ4v) is 3.66. The van der Waals surface area contributed by atoms with Gasteiger partial charge in [-0.15, -0.1) is 0 Å². The molecule has 0 saturated carbocycles. The van der Waals surface area contributed by atoms with Gasteiger partial charge in [0, 0.05) is 50.4 Å². The number of H-pyrrole nitrogens is 1. The van der Waals surface area contributed by atoms with Gasteiger partial charge in [-0.3, -0.25) is 9.88 Å². The smallest absolute Gasteiger partial charge is 0.354 e. The largest absolute Gasteiger partial charge is 0.433 e. The molecule has 1 aliphatic heterocycles. The van der Waals surface area contributed by atoms with Crippen LogP contribution in [0.5, 0.6) is 0 Å². The molecule has 1 fully saturated rings. The summed E-state index contributed by atoms with van der Waals surface area (Å²) >= 11 is 4.93. The molecule has 0 aliphatic carbocycles. The van der Waals surface area contributed by atoms with Gasteiger partial charge in [-0.2, -0.15) is 13.2 Å². The molecule has 0 spiro atoms. The molecule has 32 heavy (non-hydrogen) atoms. The Kier molecular flexibility index (Phi) is 7.39. The SMILES string of the molecule is CC(C)(C)c1nc(N2CCN(CCCCn3ccc(=S)[nH]c3=O)CC2)cc(C(F)(F)F)n1. The van der Waals surface area contributed by atoms with Crippen LogP contribution < -0.4 is 10.6 Å². The summed E-state index contributed by atoms with van der Waals surface area (Å²) in [5, 5.41) is 0. The van der Waals surface area contributed by atoms with Crippen LogP contribution in [0.15, 0.2) is 23.1 Å². The van der Waals surface area contributed by atoms with Crippen molar-refractivity contribution in [2.75, 3.05) is 37.6 Å². The van der Waals surface area contributed by atoms with Gasteiger partial charge < -0.3 is 9.47 Å². The minimum absolute atomic E-state index is 0.196. The number of nitrogens with one attached hydrogen (secondary N) is 1. The Balaban J connectivity index is 1.55. The first kappa shape index (κ1) is 24.4. The van der Waals surface area contributed by atoms with E-state index in [2.05, 4.69) is 19.9 Å². The van der Waals surface area contributed by atoms with E-state index in [1.54, 1.807) is 16.8 Å². The quantitative estimate of drug-likeness (QED) is 0.514. The van der Waals surface area contributed by atoms with Gasteiger partial charge in [0.1, 0.15) is 22.0 Å². The maximum atomic E-state index is 13.4. The summed E-state index contributed by atoms with van der Waals surface area (Å²) in [4.78, 5) is 26.8. The van der Waals surface area contributed by atoms with Crippen LogP contribution >= 0.6 is 12.2 Å². The summed E-state index contributed by atoms with van der Waals surface area (Å²) in [6, 6.07) is 2.74. The molecule has 1 aliphatic rings. The van der Waals surface area contributed by atoms with E-state index in [9.17, 15) is 18.0 Å². The number of hydrogen-bond acceptors (Lipinski definition) is 6. The third-order valence-corrected chi connectivity index (χ3v) is 5.63. The van der Waals surface area contributed by atoms with Crippen molar-refractivity contribution < 1.29 is 13.2 Å². The zero-order valence-electron chi connectivity index (χ0n) is 18.6. The molecule has 2 aromatic rings. The van der Waals surface area contributed by atoms with E-state index in [1.807, 2.05) is 25.7 Å². The van der Waals surface area contributed by atoms with E-state index in [0.717, 1.165) is 38.5 Å². The van der Waals surface area contributed by atoms with Crippen molar-refractivity contribution >= 4 is 18.0 Å². The van der Waals surface area contributed by atoms with Gasteiger partial charge in [-0.25, -0.2) is 14.8 Å². The van der Waals surface area contributed by atoms with Crippen LogP contribution in [0.25, 0.3) is 0 Å². The van der Waals surface area contributed by atoms with Gasteiger partial charge >= 0.3 is 11.9 Å². The predicted molar refractivity (Wildman–Crippen MR) is 120 cm³/mol. The number of unbranched alkanes of at least 4 members (excludes halogenated alkanes) is 1. The monoisotopic (exact) mass is 470 g/mol. The highest BCUT2D eigenvalue weighted by Gasteiger charge is 2.35. The average Bonchev–Trinajstić information content (AvgIpc) is 2.71. The molecule has 7 nitrogen and oxygen atoms in total. The lowest BCUT2D eigenvalue weighted by Gasteiger charge is -2.36. The molecule has 1 N–H and O–H groups in total. The van der Waals surface area contributed by atoms with Gasteiger partial charge in [0.2, 0.25) is 0 Å².